The molecular weight excluding hydrogens is 382 g/mol. The van der Waals surface area contributed by atoms with E-state index in [1.165, 1.54) is 31.3 Å². The molecule has 3 rings (SSSR count). The van der Waals surface area contributed by atoms with Gasteiger partial charge >= 0.3 is 5.69 Å². The van der Waals surface area contributed by atoms with E-state index in [1.807, 2.05) is 12.1 Å². The monoisotopic (exact) mass is 399 g/mol. The Balaban J connectivity index is 1.51. The number of amides is 1. The van der Waals surface area contributed by atoms with E-state index in [2.05, 4.69) is 15.4 Å². The topological polar surface area (TPSA) is 112 Å². The van der Waals surface area contributed by atoms with Gasteiger partial charge in [0, 0.05) is 17.5 Å². The fourth-order valence-electron chi connectivity index (χ4n) is 2.47. The second-order valence-corrected chi connectivity index (χ2v) is 6.68. The zero-order chi connectivity index (χ0) is 19.9. The Hall–Kier alpha value is -3.40. The molecule has 1 N–H and O–H groups in total. The number of methoxy groups -OCH3 is 1. The minimum absolute atomic E-state index is 0.0856. The Morgan fingerprint density at radius 2 is 2.07 bits per heavy atom. The van der Waals surface area contributed by atoms with Crippen LogP contribution in [0.15, 0.2) is 55.1 Å². The highest BCUT2D eigenvalue weighted by Crippen LogP contribution is 2.29. The molecule has 0 spiro atoms. The molecule has 0 unspecified atom stereocenters. The smallest absolute Gasteiger partial charge is 0.311 e. The first-order chi connectivity index (χ1) is 13.6. The number of hydrogen-bond donors (Lipinski definition) is 1. The van der Waals surface area contributed by atoms with Crippen LogP contribution in [0.5, 0.6) is 5.75 Å². The highest BCUT2D eigenvalue weighted by atomic mass is 32.2. The fraction of sp³-hybridized carbons (Fsp3) is 0.167. The molecule has 0 fully saturated rings. The van der Waals surface area contributed by atoms with Crippen LogP contribution >= 0.6 is 11.8 Å². The number of hydrogen-bond acceptors (Lipinski definition) is 7. The van der Waals surface area contributed by atoms with E-state index in [4.69, 9.17) is 4.74 Å². The Morgan fingerprint density at radius 3 is 2.71 bits per heavy atom. The number of aromatic nitrogens is 3. The summed E-state index contributed by atoms with van der Waals surface area (Å²) in [6.07, 6.45) is 3.04. The molecule has 0 aliphatic rings. The van der Waals surface area contributed by atoms with Crippen LogP contribution in [0.4, 0.5) is 11.4 Å². The zero-order valence-electron chi connectivity index (χ0n) is 14.9. The summed E-state index contributed by atoms with van der Waals surface area (Å²) in [6, 6.07) is 12.0. The van der Waals surface area contributed by atoms with Crippen molar-refractivity contribution in [3.63, 3.8) is 0 Å². The number of nitrogens with zero attached hydrogens (tertiary/aromatic N) is 4. The number of ether oxygens (including phenoxy) is 1. The van der Waals surface area contributed by atoms with Gasteiger partial charge in [-0.15, -0.1) is 11.8 Å². The second-order valence-electron chi connectivity index (χ2n) is 5.69. The molecule has 2 aromatic carbocycles. The van der Waals surface area contributed by atoms with Crippen molar-refractivity contribution in [1.82, 2.24) is 14.8 Å². The molecule has 0 radical (unpaired) electrons. The molecule has 0 saturated heterocycles. The lowest BCUT2D eigenvalue weighted by Gasteiger charge is -2.07. The maximum Gasteiger partial charge on any atom is 0.311 e. The summed E-state index contributed by atoms with van der Waals surface area (Å²) in [4.78, 5) is 26.6. The van der Waals surface area contributed by atoms with Gasteiger partial charge in [-0.3, -0.25) is 14.9 Å². The van der Waals surface area contributed by atoms with Gasteiger partial charge < -0.3 is 10.1 Å². The molecule has 1 aromatic heterocycles. The number of thioether (sulfide) groups is 1. The molecule has 28 heavy (non-hydrogen) atoms. The van der Waals surface area contributed by atoms with Gasteiger partial charge in [0.05, 0.1) is 23.5 Å². The number of carbonyl (C=O) groups is 1. The van der Waals surface area contributed by atoms with Crippen molar-refractivity contribution in [2.75, 3.05) is 18.2 Å². The number of rotatable bonds is 8. The lowest BCUT2D eigenvalue weighted by atomic mass is 10.2. The summed E-state index contributed by atoms with van der Waals surface area (Å²) in [6.45, 7) is 0. The van der Waals surface area contributed by atoms with Crippen LogP contribution in [-0.2, 0) is 10.5 Å². The molecule has 9 nitrogen and oxygen atoms in total. The van der Waals surface area contributed by atoms with Gasteiger partial charge in [0.25, 0.3) is 0 Å². The number of carbonyl (C=O) groups excluding carboxylic acids is 1. The summed E-state index contributed by atoms with van der Waals surface area (Å²) < 4.78 is 6.60. The third-order valence-electron chi connectivity index (χ3n) is 3.78. The molecule has 0 aliphatic carbocycles. The quantitative estimate of drug-likeness (QED) is 0.457. The average Bonchev–Trinajstić information content (AvgIpc) is 3.23. The predicted molar refractivity (Wildman–Crippen MR) is 106 cm³/mol. The van der Waals surface area contributed by atoms with E-state index in [0.29, 0.717) is 11.4 Å². The van der Waals surface area contributed by atoms with Crippen molar-refractivity contribution in [1.29, 1.82) is 0 Å². The van der Waals surface area contributed by atoms with Gasteiger partial charge in [-0.05, 0) is 35.9 Å². The van der Waals surface area contributed by atoms with Crippen LogP contribution in [0.3, 0.4) is 0 Å². The third-order valence-corrected chi connectivity index (χ3v) is 4.78. The minimum Gasteiger partial charge on any atom is -0.490 e. The molecule has 0 saturated carbocycles. The molecule has 0 atom stereocenters. The molecule has 3 aromatic rings. The standard InChI is InChI=1S/C18H17N5O4S/c1-27-17-7-2-13(8-16(17)23(25)26)9-28-10-18(24)21-14-3-5-15(6-4-14)22-12-19-11-20-22/h2-8,11-12H,9-10H2,1H3,(H,21,24). The highest BCUT2D eigenvalue weighted by molar-refractivity contribution is 7.99. The van der Waals surface area contributed by atoms with Gasteiger partial charge in [-0.1, -0.05) is 6.07 Å². The molecule has 0 aliphatic heterocycles. The van der Waals surface area contributed by atoms with Crippen molar-refractivity contribution in [3.05, 3.63) is 70.8 Å². The van der Waals surface area contributed by atoms with Crippen LogP contribution < -0.4 is 10.1 Å². The zero-order valence-corrected chi connectivity index (χ0v) is 15.8. The van der Waals surface area contributed by atoms with E-state index in [-0.39, 0.29) is 23.1 Å². The van der Waals surface area contributed by atoms with Crippen LogP contribution in [0, 0.1) is 10.1 Å². The first-order valence-electron chi connectivity index (χ1n) is 8.21. The summed E-state index contributed by atoms with van der Waals surface area (Å²) in [5.74, 6) is 0.765. The largest absolute Gasteiger partial charge is 0.490 e. The van der Waals surface area contributed by atoms with E-state index in [0.717, 1.165) is 11.3 Å². The second kappa shape index (κ2) is 9.00. The maximum atomic E-state index is 12.1. The van der Waals surface area contributed by atoms with E-state index >= 15 is 0 Å². The minimum atomic E-state index is -0.483. The summed E-state index contributed by atoms with van der Waals surface area (Å²) in [5, 5.41) is 17.9. The van der Waals surface area contributed by atoms with E-state index in [9.17, 15) is 14.9 Å². The molecule has 1 heterocycles. The lowest BCUT2D eigenvalue weighted by molar-refractivity contribution is -0.385. The summed E-state index contributed by atoms with van der Waals surface area (Å²) >= 11 is 1.37. The van der Waals surface area contributed by atoms with Gasteiger partial charge in [0.2, 0.25) is 5.91 Å². The first-order valence-corrected chi connectivity index (χ1v) is 9.36. The van der Waals surface area contributed by atoms with Crippen molar-refractivity contribution in [2.24, 2.45) is 0 Å². The molecular formula is C18H17N5O4S. The van der Waals surface area contributed by atoms with E-state index < -0.39 is 4.92 Å². The van der Waals surface area contributed by atoms with E-state index in [1.54, 1.807) is 35.3 Å². The summed E-state index contributed by atoms with van der Waals surface area (Å²) in [7, 11) is 1.39. The predicted octanol–water partition coefficient (Wildman–Crippen LogP) is 3.06. The SMILES string of the molecule is COc1ccc(CSCC(=O)Nc2ccc(-n3cncn3)cc2)cc1[N+](=O)[O-]. The molecule has 1 amide bonds. The van der Waals surface area contributed by atoms with Crippen molar-refractivity contribution < 1.29 is 14.5 Å². The Kier molecular flexibility index (Phi) is 6.22. The Morgan fingerprint density at radius 1 is 1.29 bits per heavy atom. The normalized spacial score (nSPS) is 10.5. The summed E-state index contributed by atoms with van der Waals surface area (Å²) in [5.41, 5.74) is 2.18. The van der Waals surface area contributed by atoms with Gasteiger partial charge in [-0.25, -0.2) is 9.67 Å². The number of nitro benzene ring substituents is 1. The van der Waals surface area contributed by atoms with Gasteiger partial charge in [0.1, 0.15) is 12.7 Å². The third kappa shape index (κ3) is 4.86. The fourth-order valence-corrected chi connectivity index (χ4v) is 3.24. The molecule has 0 bridgehead atoms. The van der Waals surface area contributed by atoms with Crippen molar-refractivity contribution >= 4 is 29.0 Å². The lowest BCUT2D eigenvalue weighted by Crippen LogP contribution is -2.14. The number of nitro groups is 1. The van der Waals surface area contributed by atoms with Crippen molar-refractivity contribution in [2.45, 2.75) is 5.75 Å². The Bertz CT molecular complexity index is 961. The van der Waals surface area contributed by atoms with Gasteiger partial charge in [-0.2, -0.15) is 5.10 Å². The highest BCUT2D eigenvalue weighted by Gasteiger charge is 2.15. The number of anilines is 1. The van der Waals surface area contributed by atoms with Gasteiger partial charge in [0.15, 0.2) is 5.75 Å². The molecule has 10 heteroatoms. The average molecular weight is 399 g/mol. The molecule has 144 valence electrons. The number of benzene rings is 2. The van der Waals surface area contributed by atoms with Crippen LogP contribution in [0.25, 0.3) is 5.69 Å². The first kappa shape index (κ1) is 19.4. The van der Waals surface area contributed by atoms with Crippen molar-refractivity contribution in [3.8, 4) is 11.4 Å². The Labute approximate surface area is 164 Å². The van der Waals surface area contributed by atoms with Crippen LogP contribution in [-0.4, -0.2) is 38.5 Å². The number of nitrogens with one attached hydrogen (secondary N) is 1. The maximum absolute atomic E-state index is 12.1. The van der Waals surface area contributed by atoms with Crippen LogP contribution in [0.2, 0.25) is 0 Å². The van der Waals surface area contributed by atoms with Crippen LogP contribution in [0.1, 0.15) is 5.56 Å².